The summed E-state index contributed by atoms with van der Waals surface area (Å²) in [5.41, 5.74) is 2.38. The number of nitrogens with zero attached hydrogens (tertiary/aromatic N) is 1. The molecule has 0 bridgehead atoms. The Kier molecular flexibility index (Phi) is 4.95. The number of nitrogens with one attached hydrogen (secondary N) is 2. The molecule has 1 unspecified atom stereocenters. The lowest BCUT2D eigenvalue weighted by Crippen LogP contribution is -2.52. The van der Waals surface area contributed by atoms with Crippen LogP contribution in [0.2, 0.25) is 0 Å². The normalized spacial score (nSPS) is 22.9. The van der Waals surface area contributed by atoms with Crippen molar-refractivity contribution in [2.75, 3.05) is 13.1 Å². The highest BCUT2D eigenvalue weighted by molar-refractivity contribution is 6.05. The van der Waals surface area contributed by atoms with Crippen LogP contribution in [-0.4, -0.2) is 41.8 Å². The highest BCUT2D eigenvalue weighted by Gasteiger charge is 2.39. The molecule has 3 aliphatic rings. The van der Waals surface area contributed by atoms with Gasteiger partial charge in [0.05, 0.1) is 0 Å². The molecule has 3 amide bonds. The summed E-state index contributed by atoms with van der Waals surface area (Å²) in [7, 11) is 0. The molecule has 140 valence electrons. The summed E-state index contributed by atoms with van der Waals surface area (Å²) < 4.78 is 0. The van der Waals surface area contributed by atoms with Gasteiger partial charge in [-0.05, 0) is 56.0 Å². The lowest BCUT2D eigenvalue weighted by Gasteiger charge is -2.29. The fraction of sp³-hybridized carbons (Fsp3) is 0.476. The maximum atomic E-state index is 12.8. The summed E-state index contributed by atoms with van der Waals surface area (Å²) in [4.78, 5) is 37.9. The number of benzene rings is 1. The minimum atomic E-state index is -0.585. The van der Waals surface area contributed by atoms with Gasteiger partial charge in [-0.3, -0.25) is 19.7 Å². The molecule has 1 aromatic rings. The maximum Gasteiger partial charge on any atom is 0.255 e. The van der Waals surface area contributed by atoms with Crippen molar-refractivity contribution in [2.45, 2.75) is 44.7 Å². The summed E-state index contributed by atoms with van der Waals surface area (Å²) in [5, 5.41) is 5.69. The molecule has 1 atom stereocenters. The monoisotopic (exact) mass is 365 g/mol. The highest BCUT2D eigenvalue weighted by atomic mass is 16.2. The third-order valence-corrected chi connectivity index (χ3v) is 5.65. The number of imide groups is 1. The van der Waals surface area contributed by atoms with Crippen LogP contribution in [0.15, 0.2) is 18.2 Å². The van der Waals surface area contributed by atoms with Gasteiger partial charge >= 0.3 is 0 Å². The number of carbonyl (C=O) groups excluding carboxylic acids is 3. The minimum absolute atomic E-state index is 0.151. The molecule has 1 aromatic carbocycles. The molecule has 4 rings (SSSR count). The third kappa shape index (κ3) is 3.60. The van der Waals surface area contributed by atoms with E-state index in [2.05, 4.69) is 22.5 Å². The van der Waals surface area contributed by atoms with Crippen LogP contribution in [0.1, 0.15) is 53.6 Å². The molecule has 2 N–H and O–H groups in total. The Bertz CT molecular complexity index is 846. The molecule has 0 saturated carbocycles. The second kappa shape index (κ2) is 7.53. The fourth-order valence-corrected chi connectivity index (χ4v) is 4.08. The number of hydrogen-bond acceptors (Lipinski definition) is 4. The quantitative estimate of drug-likeness (QED) is 0.610. The van der Waals surface area contributed by atoms with Crippen molar-refractivity contribution in [2.24, 2.45) is 5.92 Å². The first-order valence-corrected chi connectivity index (χ1v) is 9.59. The first kappa shape index (κ1) is 17.7. The van der Waals surface area contributed by atoms with Crippen LogP contribution in [0, 0.1) is 17.8 Å². The Labute approximate surface area is 158 Å². The van der Waals surface area contributed by atoms with Gasteiger partial charge in [-0.15, -0.1) is 0 Å². The molecular formula is C21H23N3O3. The fourth-order valence-electron chi connectivity index (χ4n) is 4.08. The first-order valence-electron chi connectivity index (χ1n) is 9.59. The predicted octanol–water partition coefficient (Wildman–Crippen LogP) is 1.19. The van der Waals surface area contributed by atoms with Crippen LogP contribution < -0.4 is 10.6 Å². The van der Waals surface area contributed by atoms with Gasteiger partial charge in [0.25, 0.3) is 5.91 Å². The van der Waals surface area contributed by atoms with Crippen molar-refractivity contribution in [3.05, 3.63) is 34.9 Å². The summed E-state index contributed by atoms with van der Waals surface area (Å²) in [6.07, 6.45) is 3.82. The average Bonchev–Trinajstić information content (AvgIpc) is 3.00. The second-order valence-corrected chi connectivity index (χ2v) is 7.43. The Hall–Kier alpha value is -2.65. The Balaban J connectivity index is 1.51. The minimum Gasteiger partial charge on any atom is -0.322 e. The standard InChI is InChI=1S/C21H23N3O3/c25-19-8-7-18(20(26)23-19)24-13-17-15(5-2-6-16(17)21(24)27)4-1-3-14-9-11-22-12-10-14/h2,5-6,14,18,22H,3,7-13H2,(H,23,25,26). The van der Waals surface area contributed by atoms with Crippen LogP contribution in [0.5, 0.6) is 0 Å². The van der Waals surface area contributed by atoms with Crippen LogP contribution in [0.3, 0.4) is 0 Å². The zero-order chi connectivity index (χ0) is 18.8. The summed E-state index contributed by atoms with van der Waals surface area (Å²) in [6, 6.07) is 4.99. The van der Waals surface area contributed by atoms with Crippen molar-refractivity contribution in [3.63, 3.8) is 0 Å². The molecule has 6 heteroatoms. The van der Waals surface area contributed by atoms with Crippen molar-refractivity contribution in [1.29, 1.82) is 0 Å². The topological polar surface area (TPSA) is 78.5 Å². The molecule has 2 fully saturated rings. The Morgan fingerprint density at radius 2 is 1.93 bits per heavy atom. The average molecular weight is 365 g/mol. The summed E-state index contributed by atoms with van der Waals surface area (Å²) in [6.45, 7) is 2.49. The SMILES string of the molecule is O=C1CCC(N2Cc3c(C#CCC4CCNCC4)cccc3C2=O)C(=O)N1. The lowest BCUT2D eigenvalue weighted by atomic mass is 9.94. The molecule has 0 aromatic heterocycles. The number of hydrogen-bond donors (Lipinski definition) is 2. The van der Waals surface area contributed by atoms with E-state index in [9.17, 15) is 14.4 Å². The van der Waals surface area contributed by atoms with Crippen LogP contribution >= 0.6 is 0 Å². The van der Waals surface area contributed by atoms with E-state index in [4.69, 9.17) is 0 Å². The zero-order valence-electron chi connectivity index (χ0n) is 15.2. The number of piperidine rings is 2. The van der Waals surface area contributed by atoms with Crippen molar-refractivity contribution < 1.29 is 14.4 Å². The van der Waals surface area contributed by atoms with Crippen LogP contribution in [0.4, 0.5) is 0 Å². The smallest absolute Gasteiger partial charge is 0.255 e. The van der Waals surface area contributed by atoms with E-state index < -0.39 is 6.04 Å². The number of rotatable bonds is 2. The lowest BCUT2D eigenvalue weighted by molar-refractivity contribution is -0.136. The zero-order valence-corrected chi connectivity index (χ0v) is 15.2. The largest absolute Gasteiger partial charge is 0.322 e. The molecule has 0 radical (unpaired) electrons. The van der Waals surface area contributed by atoms with E-state index in [0.29, 0.717) is 24.4 Å². The van der Waals surface area contributed by atoms with E-state index in [1.807, 2.05) is 12.1 Å². The predicted molar refractivity (Wildman–Crippen MR) is 99.6 cm³/mol. The first-order chi connectivity index (χ1) is 13.1. The van der Waals surface area contributed by atoms with Gasteiger partial charge in [0.1, 0.15) is 6.04 Å². The van der Waals surface area contributed by atoms with Gasteiger partial charge in [0.15, 0.2) is 0 Å². The van der Waals surface area contributed by atoms with Crippen LogP contribution in [0.25, 0.3) is 0 Å². The van der Waals surface area contributed by atoms with Crippen LogP contribution in [-0.2, 0) is 16.1 Å². The molecule has 3 aliphatic heterocycles. The van der Waals surface area contributed by atoms with Gasteiger partial charge in [-0.1, -0.05) is 17.9 Å². The Morgan fingerprint density at radius 1 is 1.11 bits per heavy atom. The van der Waals surface area contributed by atoms with E-state index in [0.717, 1.165) is 43.5 Å². The Morgan fingerprint density at radius 3 is 2.70 bits per heavy atom. The molecule has 3 heterocycles. The van der Waals surface area contributed by atoms with Gasteiger partial charge in [-0.2, -0.15) is 0 Å². The van der Waals surface area contributed by atoms with Gasteiger partial charge in [0.2, 0.25) is 11.8 Å². The summed E-state index contributed by atoms with van der Waals surface area (Å²) in [5.74, 6) is 6.37. The van der Waals surface area contributed by atoms with E-state index in [1.54, 1.807) is 11.0 Å². The molecule has 0 spiro atoms. The summed E-state index contributed by atoms with van der Waals surface area (Å²) >= 11 is 0. The number of carbonyl (C=O) groups is 3. The van der Waals surface area contributed by atoms with Gasteiger partial charge in [-0.25, -0.2) is 0 Å². The highest BCUT2D eigenvalue weighted by Crippen LogP contribution is 2.29. The molecule has 6 nitrogen and oxygen atoms in total. The van der Waals surface area contributed by atoms with E-state index in [1.165, 1.54) is 0 Å². The number of amides is 3. The molecular weight excluding hydrogens is 342 g/mol. The number of fused-ring (bicyclic) bond motifs is 1. The van der Waals surface area contributed by atoms with E-state index >= 15 is 0 Å². The van der Waals surface area contributed by atoms with Crippen molar-refractivity contribution in [3.8, 4) is 11.8 Å². The van der Waals surface area contributed by atoms with Crippen molar-refractivity contribution >= 4 is 17.7 Å². The second-order valence-electron chi connectivity index (χ2n) is 7.43. The molecule has 0 aliphatic carbocycles. The third-order valence-electron chi connectivity index (χ3n) is 5.65. The van der Waals surface area contributed by atoms with Crippen molar-refractivity contribution in [1.82, 2.24) is 15.5 Å². The van der Waals surface area contributed by atoms with Gasteiger partial charge < -0.3 is 10.2 Å². The molecule has 2 saturated heterocycles. The molecule has 27 heavy (non-hydrogen) atoms. The van der Waals surface area contributed by atoms with Gasteiger partial charge in [0, 0.05) is 30.5 Å². The maximum absolute atomic E-state index is 12.8. The van der Waals surface area contributed by atoms with E-state index in [-0.39, 0.29) is 24.1 Å².